The number of phenols is 1. The molecular formula is C20H16FN5O3. The van der Waals surface area contributed by atoms with Gasteiger partial charge in [-0.1, -0.05) is 12.1 Å². The van der Waals surface area contributed by atoms with Crippen LogP contribution in [0, 0.1) is 28.5 Å². The molecule has 0 aromatic heterocycles. The Hall–Kier alpha value is -3.95. The second kappa shape index (κ2) is 7.58. The summed E-state index contributed by atoms with van der Waals surface area (Å²) < 4.78 is 14.1. The number of aliphatic imine (C=N–C) groups is 1. The number of rotatable bonds is 4. The Bertz CT molecular complexity index is 1110. The molecule has 9 heteroatoms. The number of guanidine groups is 1. The predicted molar refractivity (Wildman–Crippen MR) is 101 cm³/mol. The zero-order valence-corrected chi connectivity index (χ0v) is 15.1. The Labute approximate surface area is 165 Å². The first kappa shape index (κ1) is 19.8. The third kappa shape index (κ3) is 4.00. The lowest BCUT2D eigenvalue weighted by molar-refractivity contribution is 0.0974. The second-order valence-corrected chi connectivity index (χ2v) is 6.65. The van der Waals surface area contributed by atoms with Gasteiger partial charge in [-0.05, 0) is 31.0 Å². The lowest BCUT2D eigenvalue weighted by Gasteiger charge is -2.15. The Morgan fingerprint density at radius 1 is 1.28 bits per heavy atom. The van der Waals surface area contributed by atoms with E-state index >= 15 is 0 Å². The highest BCUT2D eigenvalue weighted by atomic mass is 19.1. The fourth-order valence-electron chi connectivity index (χ4n) is 2.79. The van der Waals surface area contributed by atoms with E-state index in [1.54, 1.807) is 6.07 Å². The zero-order chi connectivity index (χ0) is 21.2. The number of amides is 1. The third-order valence-corrected chi connectivity index (χ3v) is 4.54. The van der Waals surface area contributed by atoms with E-state index in [0.717, 1.165) is 12.1 Å². The number of nitriles is 2. The average Bonchev–Trinajstić information content (AvgIpc) is 3.43. The first-order valence-corrected chi connectivity index (χ1v) is 8.58. The van der Waals surface area contributed by atoms with Gasteiger partial charge in [-0.2, -0.15) is 10.5 Å². The molecule has 0 aliphatic heterocycles. The van der Waals surface area contributed by atoms with Gasteiger partial charge in [-0.3, -0.25) is 15.1 Å². The summed E-state index contributed by atoms with van der Waals surface area (Å²) in [6.45, 7) is 0.0126. The van der Waals surface area contributed by atoms with Crippen LogP contribution in [-0.4, -0.2) is 34.2 Å². The van der Waals surface area contributed by atoms with Crippen molar-refractivity contribution in [3.8, 4) is 29.0 Å². The van der Waals surface area contributed by atoms with Crippen LogP contribution in [0.1, 0.15) is 34.3 Å². The first-order valence-electron chi connectivity index (χ1n) is 8.58. The van der Waals surface area contributed by atoms with Gasteiger partial charge < -0.3 is 15.9 Å². The SMILES string of the molecule is N#Cc1ccc(O)c(C(=O)NC(N)=NCC2(O)CC2)c1-c1cccc(F)c1C#N. The maximum absolute atomic E-state index is 14.1. The van der Waals surface area contributed by atoms with Gasteiger partial charge in [0.1, 0.15) is 17.6 Å². The van der Waals surface area contributed by atoms with Crippen molar-refractivity contribution in [1.82, 2.24) is 5.32 Å². The molecule has 0 saturated heterocycles. The summed E-state index contributed by atoms with van der Waals surface area (Å²) in [7, 11) is 0. The van der Waals surface area contributed by atoms with Crippen LogP contribution in [0.4, 0.5) is 4.39 Å². The Morgan fingerprint density at radius 2 is 2.00 bits per heavy atom. The molecule has 2 aromatic carbocycles. The van der Waals surface area contributed by atoms with Gasteiger partial charge in [0, 0.05) is 11.1 Å². The number of halogens is 1. The molecule has 0 spiro atoms. The summed E-state index contributed by atoms with van der Waals surface area (Å²) in [6, 6.07) is 9.75. The molecule has 1 aliphatic rings. The number of benzene rings is 2. The molecular weight excluding hydrogens is 377 g/mol. The quantitative estimate of drug-likeness (QED) is 0.456. The summed E-state index contributed by atoms with van der Waals surface area (Å²) in [5, 5.41) is 41.2. The maximum atomic E-state index is 14.1. The van der Waals surface area contributed by atoms with Crippen molar-refractivity contribution in [1.29, 1.82) is 10.5 Å². The van der Waals surface area contributed by atoms with Crippen molar-refractivity contribution in [3.63, 3.8) is 0 Å². The zero-order valence-electron chi connectivity index (χ0n) is 15.1. The number of aliphatic hydroxyl groups is 1. The molecule has 146 valence electrons. The van der Waals surface area contributed by atoms with Crippen molar-refractivity contribution >= 4 is 11.9 Å². The van der Waals surface area contributed by atoms with Gasteiger partial charge in [-0.25, -0.2) is 4.39 Å². The van der Waals surface area contributed by atoms with Gasteiger partial charge in [0.05, 0.1) is 34.9 Å². The van der Waals surface area contributed by atoms with Gasteiger partial charge in [0.15, 0.2) is 5.96 Å². The van der Waals surface area contributed by atoms with Crippen LogP contribution in [-0.2, 0) is 0 Å². The van der Waals surface area contributed by atoms with Crippen LogP contribution in [0.25, 0.3) is 11.1 Å². The number of nitrogens with one attached hydrogen (secondary N) is 1. The van der Waals surface area contributed by atoms with E-state index < -0.39 is 23.1 Å². The second-order valence-electron chi connectivity index (χ2n) is 6.65. The Morgan fingerprint density at radius 3 is 2.62 bits per heavy atom. The van der Waals surface area contributed by atoms with Crippen LogP contribution in [0.3, 0.4) is 0 Å². The number of hydrogen-bond acceptors (Lipinski definition) is 6. The molecule has 2 aromatic rings. The predicted octanol–water partition coefficient (Wildman–Crippen LogP) is 1.51. The number of hydrogen-bond donors (Lipinski definition) is 4. The van der Waals surface area contributed by atoms with Crippen molar-refractivity contribution in [2.45, 2.75) is 18.4 Å². The van der Waals surface area contributed by atoms with Gasteiger partial charge in [0.25, 0.3) is 5.91 Å². The van der Waals surface area contributed by atoms with Crippen LogP contribution >= 0.6 is 0 Å². The molecule has 0 bridgehead atoms. The standard InChI is InChI=1S/C20H16FN5O3/c21-14-3-1-2-12(13(14)9-23)16-11(8-22)4-5-15(27)17(16)18(28)26-19(24)25-10-20(29)6-7-20/h1-5,27,29H,6-7,10H2,(H3,24,25,26,28). The van der Waals surface area contributed by atoms with Gasteiger partial charge >= 0.3 is 0 Å². The number of aromatic hydroxyl groups is 1. The number of nitrogens with zero attached hydrogens (tertiary/aromatic N) is 3. The third-order valence-electron chi connectivity index (χ3n) is 4.54. The minimum Gasteiger partial charge on any atom is -0.507 e. The lowest BCUT2D eigenvalue weighted by atomic mass is 9.90. The lowest BCUT2D eigenvalue weighted by Crippen LogP contribution is -2.38. The van der Waals surface area contributed by atoms with Crippen molar-refractivity contribution in [3.05, 3.63) is 52.8 Å². The first-order chi connectivity index (χ1) is 13.8. The fourth-order valence-corrected chi connectivity index (χ4v) is 2.79. The molecule has 1 aliphatic carbocycles. The van der Waals surface area contributed by atoms with Crippen LogP contribution < -0.4 is 11.1 Å². The fraction of sp³-hybridized carbons (Fsp3) is 0.200. The maximum Gasteiger partial charge on any atom is 0.262 e. The van der Waals surface area contributed by atoms with E-state index in [-0.39, 0.29) is 40.3 Å². The summed E-state index contributed by atoms with van der Waals surface area (Å²) >= 11 is 0. The van der Waals surface area contributed by atoms with Crippen LogP contribution in [0.15, 0.2) is 35.3 Å². The molecule has 8 nitrogen and oxygen atoms in total. The smallest absolute Gasteiger partial charge is 0.262 e. The molecule has 3 rings (SSSR count). The van der Waals surface area contributed by atoms with Crippen LogP contribution in [0.5, 0.6) is 5.75 Å². The van der Waals surface area contributed by atoms with E-state index in [1.807, 2.05) is 6.07 Å². The molecule has 1 amide bonds. The monoisotopic (exact) mass is 393 g/mol. The largest absolute Gasteiger partial charge is 0.507 e. The summed E-state index contributed by atoms with van der Waals surface area (Å²) in [5.74, 6) is -2.50. The molecule has 29 heavy (non-hydrogen) atoms. The summed E-state index contributed by atoms with van der Waals surface area (Å²) in [4.78, 5) is 16.7. The molecule has 0 atom stereocenters. The number of carbonyl (C=O) groups excluding carboxylic acids is 1. The van der Waals surface area contributed by atoms with E-state index in [0.29, 0.717) is 12.8 Å². The molecule has 0 unspecified atom stereocenters. The Kier molecular flexibility index (Phi) is 5.18. The topological polar surface area (TPSA) is 156 Å². The normalized spacial score (nSPS) is 14.6. The molecule has 1 saturated carbocycles. The number of phenolic OH excluding ortho intramolecular Hbond substituents is 1. The average molecular weight is 393 g/mol. The minimum atomic E-state index is -0.910. The molecule has 1 fully saturated rings. The highest BCUT2D eigenvalue weighted by Gasteiger charge is 2.40. The summed E-state index contributed by atoms with van der Waals surface area (Å²) in [5.41, 5.74) is 3.88. The van der Waals surface area contributed by atoms with Gasteiger partial charge in [0.2, 0.25) is 0 Å². The molecule has 5 N–H and O–H groups in total. The van der Waals surface area contributed by atoms with Crippen molar-refractivity contribution < 1.29 is 19.4 Å². The molecule has 0 heterocycles. The van der Waals surface area contributed by atoms with Crippen molar-refractivity contribution in [2.75, 3.05) is 6.54 Å². The minimum absolute atomic E-state index is 0.0126. The van der Waals surface area contributed by atoms with E-state index in [9.17, 15) is 29.9 Å². The van der Waals surface area contributed by atoms with Crippen molar-refractivity contribution in [2.24, 2.45) is 10.7 Å². The van der Waals surface area contributed by atoms with E-state index in [4.69, 9.17) is 5.73 Å². The van der Waals surface area contributed by atoms with E-state index in [2.05, 4.69) is 10.3 Å². The van der Waals surface area contributed by atoms with Crippen LogP contribution in [0.2, 0.25) is 0 Å². The Balaban J connectivity index is 2.08. The number of carbonyl (C=O) groups is 1. The van der Waals surface area contributed by atoms with Gasteiger partial charge in [-0.15, -0.1) is 0 Å². The highest BCUT2D eigenvalue weighted by Crippen LogP contribution is 2.36. The van der Waals surface area contributed by atoms with E-state index in [1.165, 1.54) is 18.2 Å². The highest BCUT2D eigenvalue weighted by molar-refractivity contribution is 6.11. The summed E-state index contributed by atoms with van der Waals surface area (Å²) in [6.07, 6.45) is 1.17. The number of nitrogens with two attached hydrogens (primary N) is 1. The molecule has 0 radical (unpaired) electrons.